The number of hydrogen-bond acceptors (Lipinski definition) is 2. The Kier molecular flexibility index (Phi) is 3.94. The van der Waals surface area contributed by atoms with Crippen LogP contribution in [-0.2, 0) is 6.42 Å². The largest absolute Gasteiger partial charge is 0.493 e. The van der Waals surface area contributed by atoms with Gasteiger partial charge in [0.1, 0.15) is 11.6 Å². The summed E-state index contributed by atoms with van der Waals surface area (Å²) in [7, 11) is 1.92. The third-order valence-electron chi connectivity index (χ3n) is 3.61. The summed E-state index contributed by atoms with van der Waals surface area (Å²) < 4.78 is 19.7. The minimum Gasteiger partial charge on any atom is -0.493 e. The van der Waals surface area contributed by atoms with Crippen molar-refractivity contribution in [2.45, 2.75) is 12.5 Å². The first kappa shape index (κ1) is 13.8. The zero-order valence-corrected chi connectivity index (χ0v) is 13.3. The second-order valence-electron chi connectivity index (χ2n) is 4.85. The van der Waals surface area contributed by atoms with Crippen molar-refractivity contribution in [3.8, 4) is 5.75 Å². The summed E-state index contributed by atoms with van der Waals surface area (Å²) in [5, 5.41) is 3.32. The maximum atomic E-state index is 13.3. The van der Waals surface area contributed by atoms with Crippen LogP contribution in [0.15, 0.2) is 36.4 Å². The maximum Gasteiger partial charge on any atom is 0.124 e. The molecule has 1 aliphatic rings. The molecule has 0 fully saturated rings. The molecule has 2 aromatic carbocycles. The van der Waals surface area contributed by atoms with Crippen molar-refractivity contribution < 1.29 is 9.13 Å². The average molecular weight is 383 g/mol. The maximum absolute atomic E-state index is 13.3. The van der Waals surface area contributed by atoms with Crippen LogP contribution in [-0.4, -0.2) is 13.7 Å². The van der Waals surface area contributed by atoms with Gasteiger partial charge in [0.05, 0.1) is 12.6 Å². The van der Waals surface area contributed by atoms with Crippen molar-refractivity contribution in [3.63, 3.8) is 0 Å². The standard InChI is InChI=1S/C16H15FINO/c1-19-16(13-4-3-12(17)9-14(13)18)11-2-5-15-10(8-11)6-7-20-15/h2-5,8-9,16,19H,6-7H2,1H3. The molecule has 2 nitrogen and oxygen atoms in total. The molecule has 104 valence electrons. The number of rotatable bonds is 3. The summed E-state index contributed by atoms with van der Waals surface area (Å²) in [5.74, 6) is 0.785. The number of halogens is 2. The highest BCUT2D eigenvalue weighted by molar-refractivity contribution is 14.1. The van der Waals surface area contributed by atoms with Gasteiger partial charge in [-0.2, -0.15) is 0 Å². The lowest BCUT2D eigenvalue weighted by Gasteiger charge is -2.19. The van der Waals surface area contributed by atoms with Crippen LogP contribution in [0.3, 0.4) is 0 Å². The quantitative estimate of drug-likeness (QED) is 0.817. The summed E-state index contributed by atoms with van der Waals surface area (Å²) in [5.41, 5.74) is 3.52. The molecule has 1 aliphatic heterocycles. The zero-order valence-electron chi connectivity index (χ0n) is 11.1. The van der Waals surface area contributed by atoms with Gasteiger partial charge in [0.25, 0.3) is 0 Å². The highest BCUT2D eigenvalue weighted by Gasteiger charge is 2.19. The molecule has 0 aromatic heterocycles. The van der Waals surface area contributed by atoms with Gasteiger partial charge < -0.3 is 10.1 Å². The molecular formula is C16H15FINO. The number of hydrogen-bond donors (Lipinski definition) is 1. The molecule has 1 atom stereocenters. The van der Waals surface area contributed by atoms with Crippen LogP contribution in [0.25, 0.3) is 0 Å². The van der Waals surface area contributed by atoms with E-state index in [0.29, 0.717) is 0 Å². The lowest BCUT2D eigenvalue weighted by Crippen LogP contribution is -2.19. The second kappa shape index (κ2) is 5.69. The van der Waals surface area contributed by atoms with Gasteiger partial charge in [-0.3, -0.25) is 0 Å². The van der Waals surface area contributed by atoms with E-state index < -0.39 is 0 Å². The first-order valence-electron chi connectivity index (χ1n) is 6.57. The summed E-state index contributed by atoms with van der Waals surface area (Å²) in [6.07, 6.45) is 0.958. The van der Waals surface area contributed by atoms with Crippen molar-refractivity contribution in [3.05, 3.63) is 62.5 Å². The fourth-order valence-corrected chi connectivity index (χ4v) is 3.41. The van der Waals surface area contributed by atoms with Gasteiger partial charge in [0.2, 0.25) is 0 Å². The highest BCUT2D eigenvalue weighted by atomic mass is 127. The minimum atomic E-state index is -0.199. The van der Waals surface area contributed by atoms with Gasteiger partial charge in [-0.05, 0) is 64.5 Å². The SMILES string of the molecule is CNC(c1ccc2c(c1)CCO2)c1ccc(F)cc1I. The average Bonchev–Trinajstić information content (AvgIpc) is 2.89. The summed E-state index contributed by atoms with van der Waals surface area (Å²) in [4.78, 5) is 0. The molecule has 0 spiro atoms. The van der Waals surface area contributed by atoms with Crippen molar-refractivity contribution >= 4 is 22.6 Å². The molecule has 1 heterocycles. The van der Waals surface area contributed by atoms with Crippen molar-refractivity contribution in [2.75, 3.05) is 13.7 Å². The first-order chi connectivity index (χ1) is 9.69. The van der Waals surface area contributed by atoms with E-state index in [1.165, 1.54) is 17.2 Å². The molecule has 2 aromatic rings. The van der Waals surface area contributed by atoms with Crippen LogP contribution in [0.2, 0.25) is 0 Å². The first-order valence-corrected chi connectivity index (χ1v) is 7.65. The van der Waals surface area contributed by atoms with E-state index in [4.69, 9.17) is 4.74 Å². The Balaban J connectivity index is 2.01. The lowest BCUT2D eigenvalue weighted by atomic mass is 9.96. The third-order valence-corrected chi connectivity index (χ3v) is 4.54. The molecule has 0 bridgehead atoms. The van der Waals surface area contributed by atoms with E-state index in [0.717, 1.165) is 27.9 Å². The van der Waals surface area contributed by atoms with Crippen LogP contribution >= 0.6 is 22.6 Å². The topological polar surface area (TPSA) is 21.3 Å². The molecule has 0 saturated carbocycles. The number of benzene rings is 2. The smallest absolute Gasteiger partial charge is 0.124 e. The van der Waals surface area contributed by atoms with E-state index >= 15 is 0 Å². The number of nitrogens with one attached hydrogen (secondary N) is 1. The normalized spacial score (nSPS) is 14.8. The molecular weight excluding hydrogens is 368 g/mol. The third kappa shape index (κ3) is 2.54. The van der Waals surface area contributed by atoms with Crippen molar-refractivity contribution in [1.82, 2.24) is 5.32 Å². The monoisotopic (exact) mass is 383 g/mol. The summed E-state index contributed by atoms with van der Waals surface area (Å²) >= 11 is 2.18. The Morgan fingerprint density at radius 1 is 1.25 bits per heavy atom. The second-order valence-corrected chi connectivity index (χ2v) is 6.02. The predicted molar refractivity (Wildman–Crippen MR) is 85.7 cm³/mol. The van der Waals surface area contributed by atoms with Gasteiger partial charge in [-0.1, -0.05) is 18.2 Å². The molecule has 1 N–H and O–H groups in total. The van der Waals surface area contributed by atoms with Gasteiger partial charge >= 0.3 is 0 Å². The number of ether oxygens (including phenoxy) is 1. The van der Waals surface area contributed by atoms with Gasteiger partial charge in [0.15, 0.2) is 0 Å². The number of fused-ring (bicyclic) bond motifs is 1. The van der Waals surface area contributed by atoms with Crippen LogP contribution in [0.4, 0.5) is 4.39 Å². The van der Waals surface area contributed by atoms with Gasteiger partial charge in [-0.25, -0.2) is 4.39 Å². The lowest BCUT2D eigenvalue weighted by molar-refractivity contribution is 0.357. The molecule has 0 amide bonds. The Bertz CT molecular complexity index is 644. The minimum absolute atomic E-state index is 0.0633. The van der Waals surface area contributed by atoms with Crippen LogP contribution in [0.5, 0.6) is 5.75 Å². The molecule has 0 saturated heterocycles. The molecule has 20 heavy (non-hydrogen) atoms. The van der Waals surface area contributed by atoms with E-state index in [-0.39, 0.29) is 11.9 Å². The van der Waals surface area contributed by atoms with Gasteiger partial charge in [-0.15, -0.1) is 0 Å². The van der Waals surface area contributed by atoms with E-state index in [1.807, 2.05) is 19.2 Å². The molecule has 0 aliphatic carbocycles. The molecule has 4 heteroatoms. The Morgan fingerprint density at radius 2 is 2.10 bits per heavy atom. The Hall–Kier alpha value is -1.14. The van der Waals surface area contributed by atoms with E-state index in [2.05, 4.69) is 40.0 Å². The molecule has 1 unspecified atom stereocenters. The highest BCUT2D eigenvalue weighted by Crippen LogP contribution is 2.32. The predicted octanol–water partition coefficient (Wildman–Crippen LogP) is 3.67. The summed E-state index contributed by atoms with van der Waals surface area (Å²) in [6.45, 7) is 0.761. The Labute approximate surface area is 131 Å². The van der Waals surface area contributed by atoms with E-state index in [1.54, 1.807) is 6.07 Å². The van der Waals surface area contributed by atoms with Gasteiger partial charge in [0, 0.05) is 9.99 Å². The summed E-state index contributed by atoms with van der Waals surface area (Å²) in [6, 6.07) is 11.3. The zero-order chi connectivity index (χ0) is 14.1. The Morgan fingerprint density at radius 3 is 2.85 bits per heavy atom. The van der Waals surface area contributed by atoms with Crippen LogP contribution in [0, 0.1) is 9.39 Å². The van der Waals surface area contributed by atoms with Crippen LogP contribution < -0.4 is 10.1 Å². The molecule has 3 rings (SSSR count). The van der Waals surface area contributed by atoms with Crippen molar-refractivity contribution in [2.24, 2.45) is 0 Å². The van der Waals surface area contributed by atoms with Crippen molar-refractivity contribution in [1.29, 1.82) is 0 Å². The molecule has 0 radical (unpaired) electrons. The van der Waals surface area contributed by atoms with E-state index in [9.17, 15) is 4.39 Å². The fraction of sp³-hybridized carbons (Fsp3) is 0.250. The van der Waals surface area contributed by atoms with Crippen LogP contribution in [0.1, 0.15) is 22.7 Å². The fourth-order valence-electron chi connectivity index (χ4n) is 2.62.